The van der Waals surface area contributed by atoms with Crippen LogP contribution in [0.3, 0.4) is 0 Å². The monoisotopic (exact) mass is 412 g/mol. The molecule has 0 saturated heterocycles. The van der Waals surface area contributed by atoms with Gasteiger partial charge in [0.15, 0.2) is 0 Å². The van der Waals surface area contributed by atoms with Crippen molar-refractivity contribution >= 4 is 39.5 Å². The molecule has 0 fully saturated rings. The fraction of sp³-hybridized carbons (Fsp3) is 0.130. The number of halogens is 1. The Bertz CT molecular complexity index is 711. The molecule has 0 aliphatic heterocycles. The van der Waals surface area contributed by atoms with Gasteiger partial charge >= 0.3 is 145 Å². The molecular weight excluding hydrogens is 387 g/mol. The van der Waals surface area contributed by atoms with E-state index in [9.17, 15) is 0 Å². The molecule has 0 aromatic heterocycles. The van der Waals surface area contributed by atoms with Gasteiger partial charge in [0.05, 0.1) is 0 Å². The summed E-state index contributed by atoms with van der Waals surface area (Å²) in [4.78, 5) is 0. The van der Waals surface area contributed by atoms with Crippen molar-refractivity contribution in [1.29, 1.82) is 0 Å². The van der Waals surface area contributed by atoms with Gasteiger partial charge in [-0.15, -0.1) is 17.0 Å². The molecule has 0 aliphatic carbocycles. The molecule has 130 valence electrons. The van der Waals surface area contributed by atoms with Crippen LogP contribution in [0.15, 0.2) is 103 Å². The van der Waals surface area contributed by atoms with Gasteiger partial charge in [-0.05, 0) is 0 Å². The van der Waals surface area contributed by atoms with E-state index in [1.807, 2.05) is 0 Å². The predicted octanol–water partition coefficient (Wildman–Crippen LogP) is 5.30. The van der Waals surface area contributed by atoms with E-state index in [4.69, 9.17) is 0 Å². The number of benzene rings is 3. The number of hydrogen-bond acceptors (Lipinski definition) is 0. The summed E-state index contributed by atoms with van der Waals surface area (Å²) in [6, 6.07) is 33.2. The Morgan fingerprint density at radius 1 is 0.640 bits per heavy atom. The third-order valence-corrected chi connectivity index (χ3v) is 11.4. The Labute approximate surface area is 162 Å². The van der Waals surface area contributed by atoms with Crippen molar-refractivity contribution < 1.29 is 0 Å². The van der Waals surface area contributed by atoms with E-state index >= 15 is 0 Å². The van der Waals surface area contributed by atoms with Gasteiger partial charge in [0.1, 0.15) is 0 Å². The minimum atomic E-state index is -2.54. The Morgan fingerprint density at radius 2 is 0.960 bits per heavy atom. The van der Waals surface area contributed by atoms with Crippen LogP contribution in [-0.2, 0) is 0 Å². The van der Waals surface area contributed by atoms with Crippen LogP contribution < -0.4 is 15.9 Å². The molecule has 0 nitrogen and oxygen atoms in total. The standard InChI is InChI=1S/C23H25P.BrH/c1-3-4-20-24(2,21-14-8-5-9-15-21,22-16-10-6-11-17-22)23-18-12-7-13-19-23;/h3-19H,20H2,1-2H3;1H/b4-3+;. The average Bonchev–Trinajstić information content (AvgIpc) is 2.68. The van der Waals surface area contributed by atoms with Crippen molar-refractivity contribution in [3.8, 4) is 0 Å². The molecule has 0 aliphatic rings. The second kappa shape index (κ2) is 8.13. The summed E-state index contributed by atoms with van der Waals surface area (Å²) >= 11 is 0. The first-order chi connectivity index (χ1) is 11.7. The van der Waals surface area contributed by atoms with E-state index in [-0.39, 0.29) is 17.0 Å². The molecule has 3 aromatic rings. The molecule has 0 N–H and O–H groups in total. The van der Waals surface area contributed by atoms with Gasteiger partial charge in [-0.1, -0.05) is 0 Å². The Kier molecular flexibility index (Phi) is 6.38. The van der Waals surface area contributed by atoms with E-state index in [1.54, 1.807) is 0 Å². The topological polar surface area (TPSA) is 0 Å². The minimum absolute atomic E-state index is 0. The van der Waals surface area contributed by atoms with Gasteiger partial charge in [0.25, 0.3) is 0 Å². The molecule has 3 aromatic carbocycles. The van der Waals surface area contributed by atoms with Crippen LogP contribution >= 0.6 is 23.6 Å². The summed E-state index contributed by atoms with van der Waals surface area (Å²) in [6.45, 7) is 2.08. The summed E-state index contributed by atoms with van der Waals surface area (Å²) in [6.07, 6.45) is 5.56. The number of rotatable bonds is 5. The molecule has 0 amide bonds. The first kappa shape index (κ1) is 19.6. The van der Waals surface area contributed by atoms with Crippen LogP contribution in [0.25, 0.3) is 0 Å². The second-order valence-electron chi connectivity index (χ2n) is 6.56. The van der Waals surface area contributed by atoms with Gasteiger partial charge in [-0.3, -0.25) is 0 Å². The van der Waals surface area contributed by atoms with Crippen LogP contribution in [0.2, 0.25) is 0 Å². The molecule has 25 heavy (non-hydrogen) atoms. The molecule has 3 rings (SSSR count). The third-order valence-electron chi connectivity index (χ3n) is 5.16. The Hall–Kier alpha value is -1.69. The van der Waals surface area contributed by atoms with Crippen molar-refractivity contribution in [1.82, 2.24) is 0 Å². The van der Waals surface area contributed by atoms with Gasteiger partial charge < -0.3 is 0 Å². The normalized spacial score (nSPS) is 13.0. The molecule has 0 unspecified atom stereocenters. The van der Waals surface area contributed by atoms with Crippen molar-refractivity contribution in [2.24, 2.45) is 0 Å². The summed E-state index contributed by atoms with van der Waals surface area (Å²) in [7, 11) is 0. The molecule has 0 bridgehead atoms. The maximum absolute atomic E-state index is 2.54. The first-order valence-electron chi connectivity index (χ1n) is 8.49. The number of hydrogen-bond donors (Lipinski definition) is 0. The van der Waals surface area contributed by atoms with Crippen molar-refractivity contribution in [3.05, 3.63) is 103 Å². The van der Waals surface area contributed by atoms with E-state index in [2.05, 4.69) is 117 Å². The van der Waals surface area contributed by atoms with Crippen molar-refractivity contribution in [2.45, 2.75) is 6.92 Å². The van der Waals surface area contributed by atoms with Gasteiger partial charge in [-0.25, -0.2) is 0 Å². The SMILES string of the molecule is Br.C/C=C/CP(C)(c1ccccc1)(c1ccccc1)c1ccccc1. The third kappa shape index (κ3) is 3.36. The van der Waals surface area contributed by atoms with E-state index in [1.165, 1.54) is 15.9 Å². The Balaban J connectivity index is 0.00000225. The fourth-order valence-electron chi connectivity index (χ4n) is 3.63. The van der Waals surface area contributed by atoms with Crippen LogP contribution in [0, 0.1) is 0 Å². The molecule has 0 radical (unpaired) electrons. The molecule has 0 saturated carbocycles. The van der Waals surface area contributed by atoms with Crippen LogP contribution in [-0.4, -0.2) is 12.8 Å². The molecule has 2 heteroatoms. The molecule has 0 atom stereocenters. The Morgan fingerprint density at radius 3 is 1.24 bits per heavy atom. The summed E-state index contributed by atoms with van der Waals surface area (Å²) in [5, 5.41) is 4.33. The van der Waals surface area contributed by atoms with Crippen LogP contribution in [0.5, 0.6) is 0 Å². The molecule has 0 heterocycles. The van der Waals surface area contributed by atoms with E-state index in [0.717, 1.165) is 6.16 Å². The quantitative estimate of drug-likeness (QED) is 0.393. The molecular formula is C23H26BrP. The van der Waals surface area contributed by atoms with E-state index < -0.39 is 6.60 Å². The fourth-order valence-corrected chi connectivity index (χ4v) is 8.83. The zero-order valence-corrected chi connectivity index (χ0v) is 17.5. The van der Waals surface area contributed by atoms with Crippen LogP contribution in [0.1, 0.15) is 6.92 Å². The zero-order chi connectivity index (χ0) is 16.9. The summed E-state index contributed by atoms with van der Waals surface area (Å²) in [5.41, 5.74) is 0. The zero-order valence-electron chi connectivity index (χ0n) is 14.9. The molecule has 0 spiro atoms. The van der Waals surface area contributed by atoms with Gasteiger partial charge in [0, 0.05) is 0 Å². The van der Waals surface area contributed by atoms with Crippen LogP contribution in [0.4, 0.5) is 0 Å². The average molecular weight is 413 g/mol. The number of allylic oxidation sites excluding steroid dienone is 2. The van der Waals surface area contributed by atoms with Crippen molar-refractivity contribution in [3.63, 3.8) is 0 Å². The first-order valence-corrected chi connectivity index (χ1v) is 11.4. The van der Waals surface area contributed by atoms with E-state index in [0.29, 0.717) is 0 Å². The predicted molar refractivity (Wildman–Crippen MR) is 121 cm³/mol. The summed E-state index contributed by atoms with van der Waals surface area (Å²) < 4.78 is 0. The second-order valence-corrected chi connectivity index (χ2v) is 12.1. The van der Waals surface area contributed by atoms with Crippen molar-refractivity contribution in [2.75, 3.05) is 12.8 Å². The van der Waals surface area contributed by atoms with Gasteiger partial charge in [0.2, 0.25) is 0 Å². The van der Waals surface area contributed by atoms with Gasteiger partial charge in [-0.2, -0.15) is 0 Å². The maximum atomic E-state index is 2.51. The summed E-state index contributed by atoms with van der Waals surface area (Å²) in [5.74, 6) is 0.